The molecule has 1 amide bonds. The number of benzene rings is 1. The standard InChI is InChI=1S/C12H10BrF3N2O2/c1-7-6-11(20,12(14,15)16)18(17-7)10(19)8-4-2-3-5-9(8)13/h2-5,20H,6H2,1H3/t11-/m0/s1. The minimum atomic E-state index is -4.99. The van der Waals surface area contributed by atoms with Gasteiger partial charge in [0.05, 0.1) is 5.56 Å². The fourth-order valence-corrected chi connectivity index (χ4v) is 2.36. The summed E-state index contributed by atoms with van der Waals surface area (Å²) in [6, 6.07) is 6.01. The molecule has 0 aliphatic carbocycles. The number of halogens is 4. The normalized spacial score (nSPS) is 22.9. The molecule has 0 saturated heterocycles. The third-order valence-electron chi connectivity index (χ3n) is 2.87. The van der Waals surface area contributed by atoms with E-state index in [-0.39, 0.29) is 16.3 Å². The molecule has 4 nitrogen and oxygen atoms in total. The van der Waals surface area contributed by atoms with Crippen molar-refractivity contribution in [3.8, 4) is 0 Å². The Kier molecular flexibility index (Phi) is 3.64. The average molecular weight is 351 g/mol. The van der Waals surface area contributed by atoms with Crippen molar-refractivity contribution < 1.29 is 23.1 Å². The molecule has 0 radical (unpaired) electrons. The average Bonchev–Trinajstić information content (AvgIpc) is 2.65. The van der Waals surface area contributed by atoms with E-state index in [2.05, 4.69) is 21.0 Å². The molecule has 1 heterocycles. The number of nitrogens with zero attached hydrogens (tertiary/aromatic N) is 2. The number of alkyl halides is 3. The van der Waals surface area contributed by atoms with Gasteiger partial charge in [0.1, 0.15) is 0 Å². The molecule has 1 aliphatic heterocycles. The van der Waals surface area contributed by atoms with Gasteiger partial charge in [-0.25, -0.2) is 0 Å². The van der Waals surface area contributed by atoms with Gasteiger partial charge in [0, 0.05) is 16.6 Å². The summed E-state index contributed by atoms with van der Waals surface area (Å²) < 4.78 is 39.4. The Balaban J connectivity index is 2.45. The Morgan fingerprint density at radius 3 is 2.60 bits per heavy atom. The lowest BCUT2D eigenvalue weighted by Crippen LogP contribution is -2.56. The second-order valence-electron chi connectivity index (χ2n) is 4.42. The van der Waals surface area contributed by atoms with Gasteiger partial charge in [-0.15, -0.1) is 0 Å². The fraction of sp³-hybridized carbons (Fsp3) is 0.333. The van der Waals surface area contributed by atoms with Gasteiger partial charge < -0.3 is 5.11 Å². The maximum atomic E-state index is 13.0. The molecule has 0 saturated carbocycles. The molecule has 0 fully saturated rings. The Morgan fingerprint density at radius 1 is 1.45 bits per heavy atom. The van der Waals surface area contributed by atoms with E-state index in [1.807, 2.05) is 0 Å². The summed E-state index contributed by atoms with van der Waals surface area (Å²) in [6.45, 7) is 1.32. The number of carbonyl (C=O) groups is 1. The van der Waals surface area contributed by atoms with Crippen LogP contribution < -0.4 is 0 Å². The number of amides is 1. The first kappa shape index (κ1) is 15.0. The van der Waals surface area contributed by atoms with E-state index in [0.717, 1.165) is 0 Å². The second kappa shape index (κ2) is 4.85. The van der Waals surface area contributed by atoms with E-state index < -0.39 is 24.2 Å². The van der Waals surface area contributed by atoms with E-state index in [0.29, 0.717) is 4.47 Å². The molecule has 1 atom stereocenters. The van der Waals surface area contributed by atoms with Crippen LogP contribution in [0.5, 0.6) is 0 Å². The number of carbonyl (C=O) groups excluding carboxylic acids is 1. The summed E-state index contributed by atoms with van der Waals surface area (Å²) in [4.78, 5) is 12.2. The van der Waals surface area contributed by atoms with Gasteiger partial charge in [0.2, 0.25) is 0 Å². The number of hydrazone groups is 1. The molecule has 2 rings (SSSR count). The van der Waals surface area contributed by atoms with Crippen LogP contribution in [0.3, 0.4) is 0 Å². The zero-order chi connectivity index (χ0) is 15.1. The summed E-state index contributed by atoms with van der Waals surface area (Å²) in [7, 11) is 0. The summed E-state index contributed by atoms with van der Waals surface area (Å²) in [5, 5.41) is 13.5. The molecular weight excluding hydrogens is 341 g/mol. The third-order valence-corrected chi connectivity index (χ3v) is 3.57. The second-order valence-corrected chi connectivity index (χ2v) is 5.28. The lowest BCUT2D eigenvalue weighted by atomic mass is 10.1. The van der Waals surface area contributed by atoms with Crippen LogP contribution in [-0.2, 0) is 0 Å². The third kappa shape index (κ3) is 2.33. The molecule has 20 heavy (non-hydrogen) atoms. The number of hydrogen-bond donors (Lipinski definition) is 1. The van der Waals surface area contributed by atoms with Crippen molar-refractivity contribution in [3.05, 3.63) is 34.3 Å². The van der Waals surface area contributed by atoms with Crippen LogP contribution in [0.2, 0.25) is 0 Å². The molecule has 1 aromatic carbocycles. The van der Waals surface area contributed by atoms with Gasteiger partial charge in [-0.1, -0.05) is 12.1 Å². The van der Waals surface area contributed by atoms with Gasteiger partial charge in [0.15, 0.2) is 0 Å². The van der Waals surface area contributed by atoms with E-state index in [1.54, 1.807) is 6.07 Å². The van der Waals surface area contributed by atoms with Crippen LogP contribution >= 0.6 is 15.9 Å². The van der Waals surface area contributed by atoms with E-state index in [4.69, 9.17) is 0 Å². The van der Waals surface area contributed by atoms with Crippen molar-refractivity contribution >= 4 is 27.5 Å². The van der Waals surface area contributed by atoms with Gasteiger partial charge >= 0.3 is 6.18 Å². The van der Waals surface area contributed by atoms with Crippen LogP contribution in [0.25, 0.3) is 0 Å². The van der Waals surface area contributed by atoms with E-state index in [1.165, 1.54) is 25.1 Å². The monoisotopic (exact) mass is 350 g/mol. The highest BCUT2D eigenvalue weighted by atomic mass is 79.9. The molecule has 108 valence electrons. The van der Waals surface area contributed by atoms with Gasteiger partial charge in [0.25, 0.3) is 11.6 Å². The predicted octanol–water partition coefficient (Wildman–Crippen LogP) is 2.92. The SMILES string of the molecule is CC1=NN(C(=O)c2ccccc2Br)[C@@](O)(C(F)(F)F)C1. The van der Waals surface area contributed by atoms with Crippen molar-refractivity contribution in [1.29, 1.82) is 0 Å². The van der Waals surface area contributed by atoms with Gasteiger partial charge in [-0.3, -0.25) is 4.79 Å². The first-order chi connectivity index (χ1) is 9.17. The topological polar surface area (TPSA) is 52.9 Å². The zero-order valence-electron chi connectivity index (χ0n) is 10.3. The first-order valence-corrected chi connectivity index (χ1v) is 6.38. The van der Waals surface area contributed by atoms with Crippen LogP contribution in [0.1, 0.15) is 23.7 Å². The van der Waals surface area contributed by atoms with E-state index in [9.17, 15) is 23.1 Å². The predicted molar refractivity (Wildman–Crippen MR) is 69.0 cm³/mol. The first-order valence-electron chi connectivity index (χ1n) is 5.59. The molecule has 0 bridgehead atoms. The van der Waals surface area contributed by atoms with Gasteiger partial charge in [-0.2, -0.15) is 23.3 Å². The lowest BCUT2D eigenvalue weighted by Gasteiger charge is -2.32. The minimum Gasteiger partial charge on any atom is -0.362 e. The lowest BCUT2D eigenvalue weighted by molar-refractivity contribution is -0.297. The molecule has 8 heteroatoms. The maximum Gasteiger partial charge on any atom is 0.438 e. The molecular formula is C12H10BrF3N2O2. The van der Waals surface area contributed by atoms with Crippen LogP contribution in [0.15, 0.2) is 33.8 Å². The smallest absolute Gasteiger partial charge is 0.362 e. The van der Waals surface area contributed by atoms with Crippen LogP contribution in [0.4, 0.5) is 13.2 Å². The molecule has 1 aliphatic rings. The van der Waals surface area contributed by atoms with Crippen molar-refractivity contribution in [2.75, 3.05) is 0 Å². The van der Waals surface area contributed by atoms with Crippen LogP contribution in [0, 0.1) is 0 Å². The molecule has 1 aromatic rings. The molecule has 1 N–H and O–H groups in total. The van der Waals surface area contributed by atoms with Gasteiger partial charge in [-0.05, 0) is 35.0 Å². The largest absolute Gasteiger partial charge is 0.438 e. The summed E-state index contributed by atoms with van der Waals surface area (Å²) >= 11 is 3.09. The fourth-order valence-electron chi connectivity index (χ4n) is 1.90. The van der Waals surface area contributed by atoms with E-state index >= 15 is 0 Å². The highest BCUT2D eigenvalue weighted by Gasteiger charge is 2.62. The number of aliphatic hydroxyl groups is 1. The van der Waals surface area contributed by atoms with Crippen LogP contribution in [-0.4, -0.2) is 33.6 Å². The molecule has 0 spiro atoms. The molecule has 0 unspecified atom stereocenters. The highest BCUT2D eigenvalue weighted by Crippen LogP contribution is 2.41. The Hall–Kier alpha value is -1.41. The Morgan fingerprint density at radius 2 is 2.05 bits per heavy atom. The maximum absolute atomic E-state index is 13.0. The number of rotatable bonds is 1. The van der Waals surface area contributed by atoms with Crippen molar-refractivity contribution in [2.45, 2.75) is 25.2 Å². The Labute approximate surface area is 121 Å². The van der Waals surface area contributed by atoms with Crippen molar-refractivity contribution in [2.24, 2.45) is 5.10 Å². The number of hydrogen-bond acceptors (Lipinski definition) is 3. The van der Waals surface area contributed by atoms with Crippen molar-refractivity contribution in [3.63, 3.8) is 0 Å². The Bertz CT molecular complexity index is 588. The summed E-state index contributed by atoms with van der Waals surface area (Å²) in [5.74, 6) is -1.02. The zero-order valence-corrected chi connectivity index (χ0v) is 11.9. The highest BCUT2D eigenvalue weighted by molar-refractivity contribution is 9.10. The molecule has 0 aromatic heterocycles. The summed E-state index contributed by atoms with van der Waals surface area (Å²) in [6.07, 6.45) is -5.75. The summed E-state index contributed by atoms with van der Waals surface area (Å²) in [5.41, 5.74) is -3.28. The minimum absolute atomic E-state index is 0.00590. The quantitative estimate of drug-likeness (QED) is 0.846. The van der Waals surface area contributed by atoms with Crippen molar-refractivity contribution in [1.82, 2.24) is 5.01 Å².